The van der Waals surface area contributed by atoms with E-state index in [4.69, 9.17) is 0 Å². The summed E-state index contributed by atoms with van der Waals surface area (Å²) in [5.41, 5.74) is 1.39. The summed E-state index contributed by atoms with van der Waals surface area (Å²) in [7, 11) is 0. The molecule has 82 valence electrons. The molecule has 0 bridgehead atoms. The molecular weight excluding hydrogens is 182 g/mol. The summed E-state index contributed by atoms with van der Waals surface area (Å²) < 4.78 is 0. The Balaban J connectivity index is 2.36. The van der Waals surface area contributed by atoms with E-state index in [2.05, 4.69) is 56.1 Å². The highest BCUT2D eigenvalue weighted by Crippen LogP contribution is 2.04. The van der Waals surface area contributed by atoms with Crippen LogP contribution < -0.4 is 5.32 Å². The molecule has 0 saturated heterocycles. The molecule has 1 N–H and O–H groups in total. The molecule has 0 aliphatic rings. The predicted octanol–water partition coefficient (Wildman–Crippen LogP) is 3.17. The van der Waals surface area contributed by atoms with Crippen molar-refractivity contribution in [2.24, 2.45) is 0 Å². The van der Waals surface area contributed by atoms with E-state index < -0.39 is 0 Å². The van der Waals surface area contributed by atoms with Crippen LogP contribution in [-0.4, -0.2) is 12.1 Å². The third-order valence-electron chi connectivity index (χ3n) is 2.47. The van der Waals surface area contributed by atoms with Crippen molar-refractivity contribution in [3.63, 3.8) is 0 Å². The molecule has 0 amide bonds. The Labute approximate surface area is 93.2 Å². The minimum Gasteiger partial charge on any atom is -0.311 e. The predicted molar refractivity (Wildman–Crippen MR) is 67.0 cm³/mol. The van der Waals surface area contributed by atoms with Gasteiger partial charge in [0.25, 0.3) is 0 Å². The van der Waals surface area contributed by atoms with E-state index in [1.54, 1.807) is 0 Å². The maximum Gasteiger partial charge on any atom is 0.00817 e. The van der Waals surface area contributed by atoms with Gasteiger partial charge < -0.3 is 5.32 Å². The van der Waals surface area contributed by atoms with Crippen molar-refractivity contribution in [1.82, 2.24) is 5.32 Å². The van der Waals surface area contributed by atoms with Gasteiger partial charge in [-0.1, -0.05) is 36.4 Å². The second-order valence-corrected chi connectivity index (χ2v) is 4.18. The van der Waals surface area contributed by atoms with Gasteiger partial charge >= 0.3 is 0 Å². The molecule has 1 aromatic carbocycles. The molecule has 0 saturated carbocycles. The van der Waals surface area contributed by atoms with Crippen molar-refractivity contribution in [2.45, 2.75) is 38.8 Å². The summed E-state index contributed by atoms with van der Waals surface area (Å²) in [5.74, 6) is 0. The highest BCUT2D eigenvalue weighted by molar-refractivity contribution is 5.15. The minimum atomic E-state index is 0.515. The number of hydrogen-bond acceptors (Lipinski definition) is 1. The van der Waals surface area contributed by atoms with E-state index in [9.17, 15) is 0 Å². The maximum atomic E-state index is 3.75. The van der Waals surface area contributed by atoms with Crippen LogP contribution in [0.5, 0.6) is 0 Å². The Kier molecular flexibility index (Phi) is 5.13. The van der Waals surface area contributed by atoms with Gasteiger partial charge in [-0.15, -0.1) is 6.58 Å². The quantitative estimate of drug-likeness (QED) is 0.700. The molecule has 0 heterocycles. The van der Waals surface area contributed by atoms with Gasteiger partial charge in [-0.25, -0.2) is 0 Å². The fourth-order valence-electron chi connectivity index (χ4n) is 1.83. The van der Waals surface area contributed by atoms with Gasteiger partial charge in [0.1, 0.15) is 0 Å². The lowest BCUT2D eigenvalue weighted by Gasteiger charge is -2.18. The van der Waals surface area contributed by atoms with Crippen LogP contribution in [0.2, 0.25) is 0 Å². The second-order valence-electron chi connectivity index (χ2n) is 4.18. The molecule has 0 spiro atoms. The Morgan fingerprint density at radius 3 is 2.47 bits per heavy atom. The zero-order valence-electron chi connectivity index (χ0n) is 9.74. The Hall–Kier alpha value is -1.08. The first kappa shape index (κ1) is 12.0. The highest BCUT2D eigenvalue weighted by Gasteiger charge is 2.06. The summed E-state index contributed by atoms with van der Waals surface area (Å²) in [4.78, 5) is 0. The van der Waals surface area contributed by atoms with Gasteiger partial charge in [0.05, 0.1) is 0 Å². The van der Waals surface area contributed by atoms with E-state index in [1.807, 2.05) is 6.08 Å². The van der Waals surface area contributed by atoms with Crippen LogP contribution in [0.4, 0.5) is 0 Å². The molecule has 0 fully saturated rings. The van der Waals surface area contributed by atoms with Gasteiger partial charge in [-0.05, 0) is 32.3 Å². The van der Waals surface area contributed by atoms with Gasteiger partial charge in [0.15, 0.2) is 0 Å². The Bertz CT molecular complexity index is 279. The average Bonchev–Trinajstić information content (AvgIpc) is 2.19. The third kappa shape index (κ3) is 4.80. The fraction of sp³-hybridized carbons (Fsp3) is 0.429. The molecule has 0 aliphatic carbocycles. The topological polar surface area (TPSA) is 12.0 Å². The summed E-state index contributed by atoms with van der Waals surface area (Å²) in [6, 6.07) is 11.6. The Morgan fingerprint density at radius 1 is 1.20 bits per heavy atom. The summed E-state index contributed by atoms with van der Waals surface area (Å²) in [6.45, 7) is 8.18. The maximum absolute atomic E-state index is 3.75. The van der Waals surface area contributed by atoms with E-state index in [1.165, 1.54) is 5.56 Å². The zero-order valence-corrected chi connectivity index (χ0v) is 9.74. The lowest BCUT2D eigenvalue weighted by Crippen LogP contribution is -2.35. The normalized spacial score (nSPS) is 14.5. The number of rotatable bonds is 6. The van der Waals surface area contributed by atoms with Crippen LogP contribution in [0, 0.1) is 0 Å². The minimum absolute atomic E-state index is 0.515. The third-order valence-corrected chi connectivity index (χ3v) is 2.47. The van der Waals surface area contributed by atoms with Gasteiger partial charge in [0, 0.05) is 12.1 Å². The van der Waals surface area contributed by atoms with Crippen LogP contribution in [-0.2, 0) is 6.42 Å². The molecule has 0 aromatic heterocycles. The molecular formula is C14H21N. The molecule has 1 rings (SSSR count). The van der Waals surface area contributed by atoms with Crippen molar-refractivity contribution in [3.8, 4) is 0 Å². The van der Waals surface area contributed by atoms with Gasteiger partial charge in [-0.3, -0.25) is 0 Å². The van der Waals surface area contributed by atoms with Crippen molar-refractivity contribution in [3.05, 3.63) is 48.6 Å². The molecule has 1 heteroatoms. The van der Waals surface area contributed by atoms with Gasteiger partial charge in [0.2, 0.25) is 0 Å². The van der Waals surface area contributed by atoms with Crippen LogP contribution in [0.25, 0.3) is 0 Å². The second kappa shape index (κ2) is 6.41. The first-order valence-corrected chi connectivity index (χ1v) is 5.63. The lowest BCUT2D eigenvalue weighted by molar-refractivity contribution is 0.467. The van der Waals surface area contributed by atoms with Crippen molar-refractivity contribution >= 4 is 0 Å². The highest BCUT2D eigenvalue weighted by atomic mass is 14.9. The molecule has 15 heavy (non-hydrogen) atoms. The van der Waals surface area contributed by atoms with Gasteiger partial charge in [-0.2, -0.15) is 0 Å². The Morgan fingerprint density at radius 2 is 1.87 bits per heavy atom. The lowest BCUT2D eigenvalue weighted by atomic mass is 10.1. The number of nitrogens with one attached hydrogen (secondary N) is 1. The summed E-state index contributed by atoms with van der Waals surface area (Å²) in [6.07, 6.45) is 4.08. The first-order chi connectivity index (χ1) is 7.22. The fourth-order valence-corrected chi connectivity index (χ4v) is 1.83. The molecule has 2 unspecified atom stereocenters. The summed E-state index contributed by atoms with van der Waals surface area (Å²) >= 11 is 0. The van der Waals surface area contributed by atoms with Crippen LogP contribution in [0.3, 0.4) is 0 Å². The molecule has 1 nitrogen and oxygen atoms in total. The first-order valence-electron chi connectivity index (χ1n) is 5.63. The standard InChI is InChI=1S/C14H21N/c1-4-8-12(2)15-13(3)11-14-9-6-5-7-10-14/h4-7,9-10,12-13,15H,1,8,11H2,2-3H3. The molecule has 1 aromatic rings. The van der Waals surface area contributed by atoms with Crippen LogP contribution in [0.15, 0.2) is 43.0 Å². The molecule has 0 radical (unpaired) electrons. The average molecular weight is 203 g/mol. The monoisotopic (exact) mass is 203 g/mol. The summed E-state index contributed by atoms with van der Waals surface area (Å²) in [5, 5.41) is 3.56. The van der Waals surface area contributed by atoms with Crippen LogP contribution >= 0.6 is 0 Å². The van der Waals surface area contributed by atoms with Crippen molar-refractivity contribution in [1.29, 1.82) is 0 Å². The van der Waals surface area contributed by atoms with Crippen molar-refractivity contribution < 1.29 is 0 Å². The van der Waals surface area contributed by atoms with E-state index in [-0.39, 0.29) is 0 Å². The molecule has 2 atom stereocenters. The van der Waals surface area contributed by atoms with E-state index >= 15 is 0 Å². The number of hydrogen-bond donors (Lipinski definition) is 1. The zero-order chi connectivity index (χ0) is 11.1. The smallest absolute Gasteiger partial charge is 0.00817 e. The SMILES string of the molecule is C=CCC(C)NC(C)Cc1ccccc1. The largest absolute Gasteiger partial charge is 0.311 e. The van der Waals surface area contributed by atoms with E-state index in [0.717, 1.165) is 12.8 Å². The number of benzene rings is 1. The van der Waals surface area contributed by atoms with Crippen molar-refractivity contribution in [2.75, 3.05) is 0 Å². The molecule has 0 aliphatic heterocycles. The van der Waals surface area contributed by atoms with E-state index in [0.29, 0.717) is 12.1 Å². The van der Waals surface area contributed by atoms with Crippen LogP contribution in [0.1, 0.15) is 25.8 Å².